The molecule has 7 nitrogen and oxygen atoms in total. The van der Waals surface area contributed by atoms with Gasteiger partial charge < -0.3 is 10.2 Å². The molecule has 0 spiro atoms. The number of rotatable bonds is 13. The second kappa shape index (κ2) is 14.5. The van der Waals surface area contributed by atoms with Crippen molar-refractivity contribution in [3.05, 3.63) is 95.1 Å². The zero-order chi connectivity index (χ0) is 31.0. The smallest absolute Gasteiger partial charge is 0.264 e. The maximum absolute atomic E-state index is 14.2. The Hall–Kier alpha value is -3.65. The van der Waals surface area contributed by atoms with Crippen molar-refractivity contribution in [3.8, 4) is 0 Å². The van der Waals surface area contributed by atoms with E-state index in [2.05, 4.69) is 19.2 Å². The minimum absolute atomic E-state index is 0.0557. The Kier molecular flexibility index (Phi) is 11.3. The number of benzene rings is 3. The molecule has 0 unspecified atom stereocenters. The number of sulfonamides is 1. The quantitative estimate of drug-likeness (QED) is 0.251. The van der Waals surface area contributed by atoms with Gasteiger partial charge in [-0.15, -0.1) is 0 Å². The minimum atomic E-state index is -4.10. The summed E-state index contributed by atoms with van der Waals surface area (Å²) in [6.45, 7) is 13.5. The first-order valence-electron chi connectivity index (χ1n) is 14.7. The lowest BCUT2D eigenvalue weighted by molar-refractivity contribution is -0.140. The number of anilines is 1. The number of hydrogen-bond acceptors (Lipinski definition) is 4. The predicted molar refractivity (Wildman–Crippen MR) is 170 cm³/mol. The Balaban J connectivity index is 2.08. The van der Waals surface area contributed by atoms with Crippen LogP contribution in [0.1, 0.15) is 75.6 Å². The van der Waals surface area contributed by atoms with Crippen LogP contribution < -0.4 is 9.62 Å². The third-order valence-electron chi connectivity index (χ3n) is 7.72. The molecule has 0 fully saturated rings. The molecule has 0 saturated carbocycles. The molecule has 0 radical (unpaired) electrons. The van der Waals surface area contributed by atoms with Crippen molar-refractivity contribution in [1.29, 1.82) is 0 Å². The van der Waals surface area contributed by atoms with Crippen LogP contribution in [0.25, 0.3) is 0 Å². The molecule has 3 aromatic rings. The van der Waals surface area contributed by atoms with E-state index < -0.39 is 28.5 Å². The summed E-state index contributed by atoms with van der Waals surface area (Å²) in [5, 5.41) is 3.01. The van der Waals surface area contributed by atoms with Gasteiger partial charge in [-0.25, -0.2) is 8.42 Å². The first-order valence-corrected chi connectivity index (χ1v) is 16.2. The van der Waals surface area contributed by atoms with E-state index in [0.29, 0.717) is 12.1 Å². The zero-order valence-corrected chi connectivity index (χ0v) is 26.7. The summed E-state index contributed by atoms with van der Waals surface area (Å²) >= 11 is 0. The maximum Gasteiger partial charge on any atom is 0.264 e. The molecule has 8 heteroatoms. The van der Waals surface area contributed by atoms with Crippen LogP contribution in [0.5, 0.6) is 0 Å². The molecule has 0 aromatic heterocycles. The third kappa shape index (κ3) is 8.00. The van der Waals surface area contributed by atoms with Gasteiger partial charge in [-0.3, -0.25) is 13.9 Å². The third-order valence-corrected chi connectivity index (χ3v) is 9.51. The molecule has 3 rings (SSSR count). The molecule has 0 aliphatic rings. The number of carbonyl (C=O) groups is 2. The van der Waals surface area contributed by atoms with Crippen LogP contribution in [0.4, 0.5) is 5.69 Å². The van der Waals surface area contributed by atoms with E-state index in [1.54, 1.807) is 36.4 Å². The Bertz CT molecular complexity index is 1450. The maximum atomic E-state index is 14.2. The fraction of sp³-hybridized carbons (Fsp3) is 0.412. The van der Waals surface area contributed by atoms with E-state index in [0.717, 1.165) is 33.0 Å². The van der Waals surface area contributed by atoms with E-state index in [9.17, 15) is 18.0 Å². The lowest BCUT2D eigenvalue weighted by atomic mass is 10.0. The standard InChI is InChI=1S/C34H45N3O4S/c1-8-27(7)35-34(39)32(9-2)36(22-29-13-11-10-12-26(29)6)33(38)23-37(30-18-16-28(17-19-30)24(3)4)42(40,41)31-20-14-25(5)15-21-31/h10-21,24,27,32H,8-9,22-23H2,1-7H3,(H,35,39)/t27-,32-/m0/s1. The molecule has 0 saturated heterocycles. The molecular weight excluding hydrogens is 546 g/mol. The summed E-state index contributed by atoms with van der Waals surface area (Å²) in [6, 6.07) is 20.8. The van der Waals surface area contributed by atoms with Gasteiger partial charge >= 0.3 is 0 Å². The zero-order valence-electron chi connectivity index (χ0n) is 25.9. The van der Waals surface area contributed by atoms with Crippen LogP contribution in [-0.4, -0.2) is 43.8 Å². The van der Waals surface area contributed by atoms with Crippen LogP contribution in [0.3, 0.4) is 0 Å². The molecule has 2 amide bonds. The molecule has 0 aliphatic carbocycles. The highest BCUT2D eigenvalue weighted by atomic mass is 32.2. The first-order chi connectivity index (χ1) is 19.9. The Morgan fingerprint density at radius 3 is 2.00 bits per heavy atom. The molecule has 0 heterocycles. The molecule has 2 atom stereocenters. The molecule has 0 aliphatic heterocycles. The van der Waals surface area contributed by atoms with Gasteiger partial charge in [-0.1, -0.05) is 81.8 Å². The number of nitrogens with one attached hydrogen (secondary N) is 1. The van der Waals surface area contributed by atoms with E-state index >= 15 is 0 Å². The van der Waals surface area contributed by atoms with Gasteiger partial charge in [0.2, 0.25) is 11.8 Å². The summed E-state index contributed by atoms with van der Waals surface area (Å²) in [5.41, 5.74) is 4.27. The average molecular weight is 592 g/mol. The van der Waals surface area contributed by atoms with Crippen molar-refractivity contribution in [2.45, 2.75) is 90.7 Å². The van der Waals surface area contributed by atoms with Crippen molar-refractivity contribution in [2.75, 3.05) is 10.8 Å². The number of hydrogen-bond donors (Lipinski definition) is 1. The van der Waals surface area contributed by atoms with Gasteiger partial charge in [0.15, 0.2) is 0 Å². The largest absolute Gasteiger partial charge is 0.352 e. The predicted octanol–water partition coefficient (Wildman–Crippen LogP) is 6.34. The van der Waals surface area contributed by atoms with Crippen molar-refractivity contribution in [3.63, 3.8) is 0 Å². The van der Waals surface area contributed by atoms with Gasteiger partial charge in [-0.05, 0) is 80.5 Å². The summed E-state index contributed by atoms with van der Waals surface area (Å²) < 4.78 is 29.3. The summed E-state index contributed by atoms with van der Waals surface area (Å²) in [7, 11) is -4.10. The molecule has 0 bridgehead atoms. The van der Waals surface area contributed by atoms with Gasteiger partial charge in [0.05, 0.1) is 10.6 Å². The average Bonchev–Trinajstić information content (AvgIpc) is 2.96. The van der Waals surface area contributed by atoms with Gasteiger partial charge in [0, 0.05) is 12.6 Å². The summed E-state index contributed by atoms with van der Waals surface area (Å²) in [4.78, 5) is 29.3. The van der Waals surface area contributed by atoms with Crippen molar-refractivity contribution < 1.29 is 18.0 Å². The number of nitrogens with zero attached hydrogens (tertiary/aromatic N) is 2. The lowest BCUT2D eigenvalue weighted by Crippen LogP contribution is -2.53. The molecular formula is C34H45N3O4S. The highest BCUT2D eigenvalue weighted by molar-refractivity contribution is 7.92. The normalized spacial score (nSPS) is 13.0. The van der Waals surface area contributed by atoms with Crippen LogP contribution >= 0.6 is 0 Å². The van der Waals surface area contributed by atoms with E-state index in [1.807, 2.05) is 71.0 Å². The second-order valence-electron chi connectivity index (χ2n) is 11.3. The lowest BCUT2D eigenvalue weighted by Gasteiger charge is -2.34. The van der Waals surface area contributed by atoms with Crippen LogP contribution in [-0.2, 0) is 26.2 Å². The highest BCUT2D eigenvalue weighted by Gasteiger charge is 2.34. The van der Waals surface area contributed by atoms with E-state index in [1.165, 1.54) is 4.90 Å². The summed E-state index contributed by atoms with van der Waals surface area (Å²) in [5.74, 6) is -0.433. The fourth-order valence-corrected chi connectivity index (χ4v) is 6.14. The Morgan fingerprint density at radius 2 is 1.45 bits per heavy atom. The minimum Gasteiger partial charge on any atom is -0.352 e. The SMILES string of the molecule is CC[C@H](C)NC(=O)[C@H](CC)N(Cc1ccccc1C)C(=O)CN(c1ccc(C(C)C)cc1)S(=O)(=O)c1ccc(C)cc1. The molecule has 42 heavy (non-hydrogen) atoms. The van der Waals surface area contributed by atoms with E-state index in [-0.39, 0.29) is 29.3 Å². The second-order valence-corrected chi connectivity index (χ2v) is 13.1. The topological polar surface area (TPSA) is 86.8 Å². The van der Waals surface area contributed by atoms with E-state index in [4.69, 9.17) is 0 Å². The van der Waals surface area contributed by atoms with Crippen molar-refractivity contribution in [2.24, 2.45) is 0 Å². The Morgan fingerprint density at radius 1 is 0.833 bits per heavy atom. The monoisotopic (exact) mass is 591 g/mol. The molecule has 3 aromatic carbocycles. The van der Waals surface area contributed by atoms with Crippen molar-refractivity contribution >= 4 is 27.5 Å². The summed E-state index contributed by atoms with van der Waals surface area (Å²) in [6.07, 6.45) is 1.14. The van der Waals surface area contributed by atoms with Crippen LogP contribution in [0.15, 0.2) is 77.7 Å². The Labute approximate surface area is 252 Å². The van der Waals surface area contributed by atoms with Crippen LogP contribution in [0.2, 0.25) is 0 Å². The molecule has 1 N–H and O–H groups in total. The fourth-order valence-electron chi connectivity index (χ4n) is 4.72. The van der Waals surface area contributed by atoms with Gasteiger partial charge in [-0.2, -0.15) is 0 Å². The highest BCUT2D eigenvalue weighted by Crippen LogP contribution is 2.27. The van der Waals surface area contributed by atoms with Crippen molar-refractivity contribution in [1.82, 2.24) is 10.2 Å². The van der Waals surface area contributed by atoms with Gasteiger partial charge in [0.1, 0.15) is 12.6 Å². The molecule has 226 valence electrons. The number of amides is 2. The first kappa shape index (κ1) is 32.9. The number of carbonyl (C=O) groups excluding carboxylic acids is 2. The van der Waals surface area contributed by atoms with Crippen LogP contribution in [0, 0.1) is 13.8 Å². The van der Waals surface area contributed by atoms with Gasteiger partial charge in [0.25, 0.3) is 10.0 Å². The number of aryl methyl sites for hydroxylation is 2.